The number of carbonyl (C=O) groups is 1. The summed E-state index contributed by atoms with van der Waals surface area (Å²) in [6, 6.07) is 8.92. The van der Waals surface area contributed by atoms with Crippen molar-refractivity contribution in [3.8, 4) is 21.6 Å². The minimum atomic E-state index is -0.00920. The van der Waals surface area contributed by atoms with Crippen molar-refractivity contribution in [2.45, 2.75) is 12.8 Å². The molecule has 0 radical (unpaired) electrons. The zero-order valence-corrected chi connectivity index (χ0v) is 19.1. The Kier molecular flexibility index (Phi) is 5.60. The van der Waals surface area contributed by atoms with Crippen LogP contribution in [-0.2, 0) is 4.79 Å². The van der Waals surface area contributed by atoms with E-state index < -0.39 is 0 Å². The molecular formula is C23H17Cl2N5OS. The fourth-order valence-electron chi connectivity index (χ4n) is 3.60. The van der Waals surface area contributed by atoms with Gasteiger partial charge in [0.15, 0.2) is 0 Å². The molecule has 2 N–H and O–H groups in total. The molecule has 0 bridgehead atoms. The van der Waals surface area contributed by atoms with E-state index in [0.29, 0.717) is 28.1 Å². The van der Waals surface area contributed by atoms with Crippen LogP contribution in [0.4, 0.5) is 11.5 Å². The van der Waals surface area contributed by atoms with Gasteiger partial charge in [-0.1, -0.05) is 29.3 Å². The zero-order valence-electron chi connectivity index (χ0n) is 16.8. The number of rotatable bonds is 5. The number of amides is 1. The van der Waals surface area contributed by atoms with Crippen LogP contribution in [0.25, 0.3) is 26.4 Å². The van der Waals surface area contributed by atoms with Gasteiger partial charge in [-0.15, -0.1) is 11.3 Å². The molecule has 160 valence electrons. The molecule has 1 fully saturated rings. The highest BCUT2D eigenvalue weighted by Crippen LogP contribution is 2.50. The molecule has 9 heteroatoms. The van der Waals surface area contributed by atoms with Crippen molar-refractivity contribution in [3.63, 3.8) is 0 Å². The van der Waals surface area contributed by atoms with Gasteiger partial charge in [-0.25, -0.2) is 9.83 Å². The summed E-state index contributed by atoms with van der Waals surface area (Å²) in [6.45, 7) is 9.39. The molecule has 2 aromatic heterocycles. The Labute approximate surface area is 199 Å². The first kappa shape index (κ1) is 21.0. The van der Waals surface area contributed by atoms with Gasteiger partial charge in [-0.2, -0.15) is 0 Å². The SMILES string of the molecule is [C-]#[N+]c1c(-c2ccnc(NC(=O)C3CC3)c2)sc(C2=NCCN2)c1-c1ccc(Cl)cc1Cl. The first-order valence-corrected chi connectivity index (χ1v) is 11.7. The van der Waals surface area contributed by atoms with Gasteiger partial charge < -0.3 is 10.6 Å². The Balaban J connectivity index is 1.65. The van der Waals surface area contributed by atoms with Crippen molar-refractivity contribution < 1.29 is 4.79 Å². The number of aromatic nitrogens is 1. The van der Waals surface area contributed by atoms with Crippen LogP contribution in [0, 0.1) is 12.5 Å². The molecule has 6 nitrogen and oxygen atoms in total. The Hall–Kier alpha value is -2.92. The van der Waals surface area contributed by atoms with E-state index in [2.05, 4.69) is 25.5 Å². The first-order chi connectivity index (χ1) is 15.5. The number of benzene rings is 1. The molecule has 3 aromatic rings. The average molecular weight is 482 g/mol. The quantitative estimate of drug-likeness (QED) is 0.436. The number of thiophene rings is 1. The number of nitrogens with one attached hydrogen (secondary N) is 2. The van der Waals surface area contributed by atoms with Crippen LogP contribution < -0.4 is 10.6 Å². The Bertz CT molecular complexity index is 1310. The van der Waals surface area contributed by atoms with Crippen LogP contribution in [0.15, 0.2) is 41.5 Å². The maximum atomic E-state index is 12.2. The molecule has 3 heterocycles. The summed E-state index contributed by atoms with van der Waals surface area (Å²) in [5.41, 5.74) is 2.75. The topological polar surface area (TPSA) is 70.7 Å². The average Bonchev–Trinajstić information content (AvgIpc) is 3.36. The highest BCUT2D eigenvalue weighted by molar-refractivity contribution is 7.19. The monoisotopic (exact) mass is 481 g/mol. The van der Waals surface area contributed by atoms with Gasteiger partial charge in [0.2, 0.25) is 11.6 Å². The van der Waals surface area contributed by atoms with Crippen LogP contribution in [0.3, 0.4) is 0 Å². The summed E-state index contributed by atoms with van der Waals surface area (Å²) in [4.78, 5) is 26.6. The van der Waals surface area contributed by atoms with Crippen LogP contribution >= 0.6 is 34.5 Å². The lowest BCUT2D eigenvalue weighted by molar-refractivity contribution is -0.117. The number of aliphatic imine (C=N–C) groups is 1. The van der Waals surface area contributed by atoms with E-state index >= 15 is 0 Å². The molecule has 0 saturated heterocycles. The van der Waals surface area contributed by atoms with Crippen molar-refractivity contribution in [2.24, 2.45) is 10.9 Å². The molecule has 5 rings (SSSR count). The van der Waals surface area contributed by atoms with Gasteiger partial charge in [0.05, 0.1) is 18.0 Å². The maximum Gasteiger partial charge on any atom is 0.228 e. The fourth-order valence-corrected chi connectivity index (χ4v) is 5.34. The van der Waals surface area contributed by atoms with E-state index in [1.807, 2.05) is 18.2 Å². The number of anilines is 1. The second-order valence-electron chi connectivity index (χ2n) is 7.57. The smallest absolute Gasteiger partial charge is 0.228 e. The van der Waals surface area contributed by atoms with Gasteiger partial charge in [0, 0.05) is 39.1 Å². The summed E-state index contributed by atoms with van der Waals surface area (Å²) < 4.78 is 0. The molecule has 0 atom stereocenters. The minimum absolute atomic E-state index is 0.00920. The van der Waals surface area contributed by atoms with Crippen molar-refractivity contribution >= 4 is 57.8 Å². The molecular weight excluding hydrogens is 465 g/mol. The Morgan fingerprint density at radius 1 is 1.22 bits per heavy atom. The number of hydrogen-bond acceptors (Lipinski definition) is 5. The number of nitrogens with zero attached hydrogens (tertiary/aromatic N) is 3. The summed E-state index contributed by atoms with van der Waals surface area (Å²) >= 11 is 14.1. The Morgan fingerprint density at radius 2 is 2.06 bits per heavy atom. The van der Waals surface area contributed by atoms with Gasteiger partial charge in [0.25, 0.3) is 0 Å². The highest BCUT2D eigenvalue weighted by atomic mass is 35.5. The predicted octanol–water partition coefficient (Wildman–Crippen LogP) is 6.03. The third-order valence-electron chi connectivity index (χ3n) is 5.31. The van der Waals surface area contributed by atoms with Gasteiger partial charge in [-0.05, 0) is 48.2 Å². The molecule has 2 aliphatic rings. The summed E-state index contributed by atoms with van der Waals surface area (Å²) in [5, 5.41) is 7.19. The number of pyridine rings is 1. The third-order valence-corrected chi connectivity index (χ3v) is 7.09. The number of halogens is 2. The van der Waals surface area contributed by atoms with E-state index in [-0.39, 0.29) is 11.8 Å². The molecule has 1 saturated carbocycles. The lowest BCUT2D eigenvalue weighted by Crippen LogP contribution is -2.18. The fraction of sp³-hybridized carbons (Fsp3) is 0.217. The maximum absolute atomic E-state index is 12.2. The summed E-state index contributed by atoms with van der Waals surface area (Å²) in [5.74, 6) is 1.30. The van der Waals surface area contributed by atoms with Crippen molar-refractivity contribution in [3.05, 3.63) is 62.9 Å². The zero-order chi connectivity index (χ0) is 22.2. The van der Waals surface area contributed by atoms with Crippen LogP contribution in [0.1, 0.15) is 17.7 Å². The standard InChI is InChI=1S/C23H17Cl2N5OS/c1-26-19-18(15-5-4-14(24)11-16(15)25)21(22-28-8-9-29-22)32-20(19)13-6-7-27-17(10-13)30-23(31)12-2-3-12/h4-7,10-12H,2-3,8-9H2,(H,28,29)(H,27,30,31). The molecule has 0 unspecified atom stereocenters. The van der Waals surface area contributed by atoms with Gasteiger partial charge in [0.1, 0.15) is 11.7 Å². The number of hydrogen-bond donors (Lipinski definition) is 2. The second-order valence-corrected chi connectivity index (χ2v) is 9.43. The van der Waals surface area contributed by atoms with E-state index in [1.54, 1.807) is 18.3 Å². The van der Waals surface area contributed by atoms with E-state index in [0.717, 1.165) is 51.7 Å². The van der Waals surface area contributed by atoms with E-state index in [9.17, 15) is 4.79 Å². The predicted molar refractivity (Wildman–Crippen MR) is 130 cm³/mol. The third kappa shape index (κ3) is 3.97. The number of amidine groups is 1. The molecule has 1 aliphatic carbocycles. The molecule has 1 aromatic carbocycles. The normalized spacial score (nSPS) is 15.1. The second kappa shape index (κ2) is 8.55. The highest BCUT2D eigenvalue weighted by Gasteiger charge is 2.30. The van der Waals surface area contributed by atoms with Crippen LogP contribution in [0.2, 0.25) is 10.0 Å². The largest absolute Gasteiger partial charge is 0.367 e. The van der Waals surface area contributed by atoms with Gasteiger partial charge >= 0.3 is 0 Å². The molecule has 1 amide bonds. The van der Waals surface area contributed by atoms with E-state index in [4.69, 9.17) is 29.8 Å². The summed E-state index contributed by atoms with van der Waals surface area (Å²) in [7, 11) is 0. The number of carbonyl (C=O) groups excluding carboxylic acids is 1. The van der Waals surface area contributed by atoms with Crippen molar-refractivity contribution in [1.82, 2.24) is 10.3 Å². The molecule has 32 heavy (non-hydrogen) atoms. The lowest BCUT2D eigenvalue weighted by atomic mass is 10.0. The molecule has 0 spiro atoms. The van der Waals surface area contributed by atoms with Crippen molar-refractivity contribution in [1.29, 1.82) is 0 Å². The first-order valence-electron chi connectivity index (χ1n) is 10.1. The lowest BCUT2D eigenvalue weighted by Gasteiger charge is -2.09. The minimum Gasteiger partial charge on any atom is -0.367 e. The summed E-state index contributed by atoms with van der Waals surface area (Å²) in [6.07, 6.45) is 3.48. The van der Waals surface area contributed by atoms with E-state index in [1.165, 1.54) is 11.3 Å². The molecule has 1 aliphatic heterocycles. The Morgan fingerprint density at radius 3 is 2.75 bits per heavy atom. The van der Waals surface area contributed by atoms with Crippen LogP contribution in [-0.4, -0.2) is 29.8 Å². The van der Waals surface area contributed by atoms with Crippen molar-refractivity contribution in [2.75, 3.05) is 18.4 Å². The van der Waals surface area contributed by atoms with Gasteiger partial charge in [-0.3, -0.25) is 9.79 Å². The van der Waals surface area contributed by atoms with Crippen LogP contribution in [0.5, 0.6) is 0 Å².